The highest BCUT2D eigenvalue weighted by molar-refractivity contribution is 5.97. The molecule has 2 aliphatic rings. The first-order chi connectivity index (χ1) is 13.1. The number of likely N-dealkylation sites (tertiary alicyclic amines) is 1. The molecule has 2 aromatic rings. The summed E-state index contributed by atoms with van der Waals surface area (Å²) < 4.78 is 5.85. The van der Waals surface area contributed by atoms with Gasteiger partial charge in [-0.05, 0) is 75.2 Å². The van der Waals surface area contributed by atoms with E-state index in [1.165, 1.54) is 12.8 Å². The van der Waals surface area contributed by atoms with Gasteiger partial charge in [0.05, 0.1) is 6.04 Å². The molecule has 0 spiro atoms. The van der Waals surface area contributed by atoms with E-state index in [-0.39, 0.29) is 17.9 Å². The fraction of sp³-hybridized carbons (Fsp3) is 0.429. The summed E-state index contributed by atoms with van der Waals surface area (Å²) in [5.41, 5.74) is 2.45. The second-order valence-electron chi connectivity index (χ2n) is 7.34. The van der Waals surface area contributed by atoms with Crippen LogP contribution in [-0.4, -0.2) is 36.3 Å². The fourth-order valence-electron chi connectivity index (χ4n) is 3.91. The molecule has 1 aromatic carbocycles. The minimum atomic E-state index is -0.0952. The van der Waals surface area contributed by atoms with Crippen LogP contribution >= 0.6 is 0 Å². The molecule has 4 rings (SSSR count). The van der Waals surface area contributed by atoms with Gasteiger partial charge < -0.3 is 15.1 Å². The van der Waals surface area contributed by atoms with Crippen molar-refractivity contribution in [2.45, 2.75) is 38.6 Å². The van der Waals surface area contributed by atoms with Gasteiger partial charge in [-0.3, -0.25) is 14.5 Å². The third kappa shape index (κ3) is 3.90. The Bertz CT molecular complexity index is 852. The molecular weight excluding hydrogens is 342 g/mol. The number of benzene rings is 1. The second kappa shape index (κ2) is 7.56. The van der Waals surface area contributed by atoms with Crippen molar-refractivity contribution < 1.29 is 14.0 Å². The van der Waals surface area contributed by atoms with Gasteiger partial charge >= 0.3 is 0 Å². The lowest BCUT2D eigenvalue weighted by molar-refractivity contribution is -0.116. The summed E-state index contributed by atoms with van der Waals surface area (Å²) >= 11 is 0. The summed E-state index contributed by atoms with van der Waals surface area (Å²) in [7, 11) is 0. The highest BCUT2D eigenvalue weighted by atomic mass is 16.3. The molecule has 2 aliphatic heterocycles. The molecule has 6 heteroatoms. The van der Waals surface area contributed by atoms with E-state index in [0.717, 1.165) is 35.9 Å². The normalized spacial score (nSPS) is 18.0. The van der Waals surface area contributed by atoms with Crippen molar-refractivity contribution in [1.82, 2.24) is 10.2 Å². The van der Waals surface area contributed by atoms with Crippen LogP contribution < -0.4 is 10.6 Å². The molecular formula is C21H25N3O3. The standard InChI is InChI=1S/C21H25N3O3/c1-14-4-8-19(27-14)18(24-10-2-3-11-24)13-22-21(26)16-5-7-17-15(12-16)6-9-20(25)23-17/h4-5,7-8,12,18H,2-3,6,9-11,13H2,1H3,(H,22,26)(H,23,25). The predicted molar refractivity (Wildman–Crippen MR) is 103 cm³/mol. The minimum absolute atomic E-state index is 0.0295. The number of hydrogen-bond acceptors (Lipinski definition) is 4. The Balaban J connectivity index is 1.46. The highest BCUT2D eigenvalue weighted by Gasteiger charge is 2.26. The maximum atomic E-state index is 12.7. The van der Waals surface area contributed by atoms with Crippen molar-refractivity contribution in [3.8, 4) is 0 Å². The van der Waals surface area contributed by atoms with Crippen molar-refractivity contribution in [3.05, 3.63) is 53.0 Å². The van der Waals surface area contributed by atoms with Crippen LogP contribution in [0.1, 0.15) is 52.7 Å². The number of carbonyl (C=O) groups is 2. The van der Waals surface area contributed by atoms with E-state index >= 15 is 0 Å². The predicted octanol–water partition coefficient (Wildman–Crippen LogP) is 3.04. The van der Waals surface area contributed by atoms with E-state index in [0.29, 0.717) is 24.9 Å². The van der Waals surface area contributed by atoms with Crippen LogP contribution in [0.5, 0.6) is 0 Å². The zero-order valence-electron chi connectivity index (χ0n) is 15.6. The first-order valence-corrected chi connectivity index (χ1v) is 9.61. The molecule has 0 bridgehead atoms. The van der Waals surface area contributed by atoms with Gasteiger partial charge in [0.2, 0.25) is 5.91 Å². The molecule has 3 heterocycles. The Morgan fingerprint density at radius 3 is 2.78 bits per heavy atom. The largest absolute Gasteiger partial charge is 0.465 e. The van der Waals surface area contributed by atoms with Gasteiger partial charge in [-0.2, -0.15) is 0 Å². The Hall–Kier alpha value is -2.60. The average Bonchev–Trinajstić information content (AvgIpc) is 3.34. The zero-order valence-corrected chi connectivity index (χ0v) is 15.6. The van der Waals surface area contributed by atoms with Gasteiger partial charge in [-0.1, -0.05) is 0 Å². The first kappa shape index (κ1) is 17.8. The van der Waals surface area contributed by atoms with E-state index < -0.39 is 0 Å². The van der Waals surface area contributed by atoms with Crippen LogP contribution in [0, 0.1) is 6.92 Å². The second-order valence-corrected chi connectivity index (χ2v) is 7.34. The van der Waals surface area contributed by atoms with Crippen molar-refractivity contribution in [2.24, 2.45) is 0 Å². The van der Waals surface area contributed by atoms with Gasteiger partial charge in [0.25, 0.3) is 5.91 Å². The number of amides is 2. The van der Waals surface area contributed by atoms with Gasteiger partial charge in [0, 0.05) is 24.2 Å². The Morgan fingerprint density at radius 1 is 1.22 bits per heavy atom. The van der Waals surface area contributed by atoms with Crippen molar-refractivity contribution in [2.75, 3.05) is 25.0 Å². The van der Waals surface area contributed by atoms with Crippen LogP contribution in [0.2, 0.25) is 0 Å². The fourth-order valence-corrected chi connectivity index (χ4v) is 3.91. The lowest BCUT2D eigenvalue weighted by Gasteiger charge is -2.26. The SMILES string of the molecule is Cc1ccc(C(CNC(=O)c2ccc3c(c2)CCC(=O)N3)N2CCCC2)o1. The Labute approximate surface area is 158 Å². The molecule has 1 saturated heterocycles. The Kier molecular flexibility index (Phi) is 4.99. The number of nitrogens with zero attached hydrogens (tertiary/aromatic N) is 1. The van der Waals surface area contributed by atoms with Crippen molar-refractivity contribution in [1.29, 1.82) is 0 Å². The molecule has 1 fully saturated rings. The molecule has 1 unspecified atom stereocenters. The maximum absolute atomic E-state index is 12.7. The van der Waals surface area contributed by atoms with Crippen LogP contribution in [0.15, 0.2) is 34.7 Å². The minimum Gasteiger partial charge on any atom is -0.465 e. The van der Waals surface area contributed by atoms with Crippen LogP contribution in [0.3, 0.4) is 0 Å². The number of aryl methyl sites for hydroxylation is 2. The summed E-state index contributed by atoms with van der Waals surface area (Å²) in [6.07, 6.45) is 3.50. The monoisotopic (exact) mass is 367 g/mol. The zero-order chi connectivity index (χ0) is 18.8. The molecule has 2 N–H and O–H groups in total. The highest BCUT2D eigenvalue weighted by Crippen LogP contribution is 2.27. The topological polar surface area (TPSA) is 74.6 Å². The van der Waals surface area contributed by atoms with E-state index in [4.69, 9.17) is 4.42 Å². The maximum Gasteiger partial charge on any atom is 0.251 e. The number of rotatable bonds is 5. The molecule has 1 atom stereocenters. The molecule has 6 nitrogen and oxygen atoms in total. The van der Waals surface area contributed by atoms with Gasteiger partial charge in [-0.15, -0.1) is 0 Å². The summed E-state index contributed by atoms with van der Waals surface area (Å²) in [5, 5.41) is 5.92. The third-order valence-electron chi connectivity index (χ3n) is 5.39. The summed E-state index contributed by atoms with van der Waals surface area (Å²) in [4.78, 5) is 26.6. The summed E-state index contributed by atoms with van der Waals surface area (Å²) in [6.45, 7) is 4.51. The average molecular weight is 367 g/mol. The number of nitrogens with one attached hydrogen (secondary N) is 2. The Morgan fingerprint density at radius 2 is 2.04 bits per heavy atom. The third-order valence-corrected chi connectivity index (χ3v) is 5.39. The van der Waals surface area contributed by atoms with Crippen LogP contribution in [0.25, 0.3) is 0 Å². The number of furan rings is 1. The lowest BCUT2D eigenvalue weighted by Crippen LogP contribution is -2.36. The quantitative estimate of drug-likeness (QED) is 0.852. The van der Waals surface area contributed by atoms with Gasteiger partial charge in [0.1, 0.15) is 11.5 Å². The number of fused-ring (bicyclic) bond motifs is 1. The van der Waals surface area contributed by atoms with E-state index in [2.05, 4.69) is 15.5 Å². The number of carbonyl (C=O) groups excluding carboxylic acids is 2. The number of hydrogen-bond donors (Lipinski definition) is 2. The molecule has 27 heavy (non-hydrogen) atoms. The van der Waals surface area contributed by atoms with Crippen LogP contribution in [0.4, 0.5) is 5.69 Å². The van der Waals surface area contributed by atoms with Gasteiger partial charge in [-0.25, -0.2) is 0 Å². The lowest BCUT2D eigenvalue weighted by atomic mass is 10.00. The first-order valence-electron chi connectivity index (χ1n) is 9.61. The van der Waals surface area contributed by atoms with E-state index in [1.807, 2.05) is 31.2 Å². The smallest absolute Gasteiger partial charge is 0.251 e. The van der Waals surface area contributed by atoms with Crippen molar-refractivity contribution >= 4 is 17.5 Å². The molecule has 2 amide bonds. The van der Waals surface area contributed by atoms with Crippen molar-refractivity contribution in [3.63, 3.8) is 0 Å². The van der Waals surface area contributed by atoms with E-state index in [1.54, 1.807) is 6.07 Å². The summed E-state index contributed by atoms with van der Waals surface area (Å²) in [5.74, 6) is 1.73. The van der Waals surface area contributed by atoms with Crippen LogP contribution in [-0.2, 0) is 11.2 Å². The molecule has 0 aliphatic carbocycles. The summed E-state index contributed by atoms with van der Waals surface area (Å²) in [6, 6.07) is 9.49. The molecule has 1 aromatic heterocycles. The number of anilines is 1. The molecule has 0 saturated carbocycles. The van der Waals surface area contributed by atoms with Gasteiger partial charge in [0.15, 0.2) is 0 Å². The molecule has 0 radical (unpaired) electrons. The molecule has 142 valence electrons. The van der Waals surface area contributed by atoms with E-state index in [9.17, 15) is 9.59 Å².